The van der Waals surface area contributed by atoms with Crippen molar-refractivity contribution in [2.45, 2.75) is 32.7 Å². The zero-order chi connectivity index (χ0) is 18.3. The molecule has 0 aromatic carbocycles. The Morgan fingerprint density at radius 2 is 2.04 bits per heavy atom. The van der Waals surface area contributed by atoms with Gasteiger partial charge in [-0.15, -0.1) is 0 Å². The third-order valence-corrected chi connectivity index (χ3v) is 4.74. The van der Waals surface area contributed by atoms with Crippen LogP contribution in [0.1, 0.15) is 19.5 Å². The SMILES string of the molecule is C[C@@H]1CN(c2c(CO)nc3c(-c4ccccn4)noc3c2Cl)C[C@H](C)O1. The molecule has 4 heterocycles. The lowest BCUT2D eigenvalue weighted by molar-refractivity contribution is -0.00533. The molecule has 1 aliphatic rings. The van der Waals surface area contributed by atoms with Gasteiger partial charge < -0.3 is 19.3 Å². The summed E-state index contributed by atoms with van der Waals surface area (Å²) in [4.78, 5) is 11.0. The van der Waals surface area contributed by atoms with Crippen molar-refractivity contribution in [1.29, 1.82) is 0 Å². The van der Waals surface area contributed by atoms with E-state index in [2.05, 4.69) is 20.0 Å². The number of anilines is 1. The summed E-state index contributed by atoms with van der Waals surface area (Å²) in [6.07, 6.45) is 1.78. The summed E-state index contributed by atoms with van der Waals surface area (Å²) in [5.74, 6) is 0. The summed E-state index contributed by atoms with van der Waals surface area (Å²) in [6.45, 7) is 5.10. The van der Waals surface area contributed by atoms with Crippen molar-refractivity contribution in [2.24, 2.45) is 0 Å². The molecule has 26 heavy (non-hydrogen) atoms. The number of hydrogen-bond acceptors (Lipinski definition) is 7. The van der Waals surface area contributed by atoms with Gasteiger partial charge in [0.1, 0.15) is 10.5 Å². The minimum atomic E-state index is -0.238. The Morgan fingerprint density at radius 3 is 2.69 bits per heavy atom. The van der Waals surface area contributed by atoms with Crippen molar-refractivity contribution in [2.75, 3.05) is 18.0 Å². The maximum atomic E-state index is 9.92. The smallest absolute Gasteiger partial charge is 0.206 e. The standard InChI is InChI=1S/C18H19ClN4O3/c1-10-7-23(8-11(2)25-10)17-13(9-24)21-16-15(12-5-3-4-6-20-12)22-26-18(16)14(17)19/h3-6,10-11,24H,7-9H2,1-2H3/t10-,11+. The summed E-state index contributed by atoms with van der Waals surface area (Å²) in [6, 6.07) is 5.51. The molecular weight excluding hydrogens is 356 g/mol. The van der Waals surface area contributed by atoms with Crippen LogP contribution in [0, 0.1) is 0 Å². The van der Waals surface area contributed by atoms with Crippen LogP contribution in [-0.2, 0) is 11.3 Å². The molecule has 1 fully saturated rings. The van der Waals surface area contributed by atoms with Gasteiger partial charge in [0.15, 0.2) is 5.69 Å². The van der Waals surface area contributed by atoms with Gasteiger partial charge in [-0.05, 0) is 26.0 Å². The van der Waals surface area contributed by atoms with Gasteiger partial charge >= 0.3 is 0 Å². The lowest BCUT2D eigenvalue weighted by Gasteiger charge is -2.37. The Labute approximate surface area is 155 Å². The molecule has 1 N–H and O–H groups in total. The van der Waals surface area contributed by atoms with Crippen LogP contribution in [0.5, 0.6) is 0 Å². The first kappa shape index (κ1) is 17.2. The number of nitrogens with zero attached hydrogens (tertiary/aromatic N) is 4. The van der Waals surface area contributed by atoms with E-state index in [4.69, 9.17) is 20.9 Å². The highest BCUT2D eigenvalue weighted by Gasteiger charge is 2.29. The Morgan fingerprint density at radius 1 is 1.27 bits per heavy atom. The molecule has 0 spiro atoms. The number of fused-ring (bicyclic) bond motifs is 1. The van der Waals surface area contributed by atoms with Crippen molar-refractivity contribution in [1.82, 2.24) is 15.1 Å². The van der Waals surface area contributed by atoms with Gasteiger partial charge in [-0.25, -0.2) is 4.98 Å². The predicted octanol–water partition coefficient (Wildman–Crippen LogP) is 3.04. The van der Waals surface area contributed by atoms with E-state index in [1.165, 1.54) is 0 Å². The van der Waals surface area contributed by atoms with Crippen LogP contribution < -0.4 is 4.90 Å². The largest absolute Gasteiger partial charge is 0.390 e. The predicted molar refractivity (Wildman–Crippen MR) is 98.2 cm³/mol. The molecule has 0 bridgehead atoms. The monoisotopic (exact) mass is 374 g/mol. The third-order valence-electron chi connectivity index (χ3n) is 4.39. The fourth-order valence-corrected chi connectivity index (χ4v) is 3.77. The first-order valence-corrected chi connectivity index (χ1v) is 8.86. The first-order chi connectivity index (χ1) is 12.6. The molecule has 0 radical (unpaired) electrons. The molecular formula is C18H19ClN4O3. The van der Waals surface area contributed by atoms with Gasteiger partial charge in [0.2, 0.25) is 5.58 Å². The summed E-state index contributed by atoms with van der Waals surface area (Å²) in [7, 11) is 0. The van der Waals surface area contributed by atoms with Crippen LogP contribution >= 0.6 is 11.6 Å². The molecule has 3 aromatic heterocycles. The average molecular weight is 375 g/mol. The molecule has 8 heteroatoms. The van der Waals surface area contributed by atoms with E-state index in [1.807, 2.05) is 32.0 Å². The fourth-order valence-electron chi connectivity index (χ4n) is 3.42. The molecule has 136 valence electrons. The minimum Gasteiger partial charge on any atom is -0.390 e. The number of aliphatic hydroxyl groups excluding tert-OH is 1. The Bertz CT molecular complexity index is 921. The highest BCUT2D eigenvalue weighted by atomic mass is 35.5. The van der Waals surface area contributed by atoms with Crippen LogP contribution in [0.2, 0.25) is 5.02 Å². The molecule has 4 rings (SSSR count). The van der Waals surface area contributed by atoms with E-state index >= 15 is 0 Å². The van der Waals surface area contributed by atoms with Gasteiger partial charge in [-0.1, -0.05) is 22.8 Å². The number of aromatic nitrogens is 3. The average Bonchev–Trinajstić information content (AvgIpc) is 3.05. The second-order valence-electron chi connectivity index (χ2n) is 6.47. The second kappa shape index (κ2) is 6.83. The van der Waals surface area contributed by atoms with Crippen LogP contribution in [0.4, 0.5) is 5.69 Å². The highest BCUT2D eigenvalue weighted by molar-refractivity contribution is 6.37. The molecule has 0 saturated carbocycles. The minimum absolute atomic E-state index is 0.0517. The Kier molecular flexibility index (Phi) is 4.52. The van der Waals surface area contributed by atoms with E-state index < -0.39 is 0 Å². The molecule has 3 aromatic rings. The molecule has 2 atom stereocenters. The van der Waals surface area contributed by atoms with Crippen molar-refractivity contribution >= 4 is 28.4 Å². The first-order valence-electron chi connectivity index (χ1n) is 8.49. The van der Waals surface area contributed by atoms with Crippen molar-refractivity contribution < 1.29 is 14.4 Å². The lowest BCUT2D eigenvalue weighted by Crippen LogP contribution is -2.46. The quantitative estimate of drug-likeness (QED) is 0.754. The fraction of sp³-hybridized carbons (Fsp3) is 0.389. The van der Waals surface area contributed by atoms with Crippen LogP contribution in [0.15, 0.2) is 28.9 Å². The number of halogens is 1. The van der Waals surface area contributed by atoms with Gasteiger partial charge in [-0.2, -0.15) is 0 Å². The van der Waals surface area contributed by atoms with Gasteiger partial charge in [0.25, 0.3) is 0 Å². The Hall–Kier alpha value is -2.22. The molecule has 7 nitrogen and oxygen atoms in total. The van der Waals surface area contributed by atoms with Gasteiger partial charge in [0, 0.05) is 19.3 Å². The van der Waals surface area contributed by atoms with E-state index in [0.29, 0.717) is 52.0 Å². The maximum absolute atomic E-state index is 9.92. The van der Waals surface area contributed by atoms with E-state index in [0.717, 1.165) is 0 Å². The second-order valence-corrected chi connectivity index (χ2v) is 6.84. The number of hydrogen-bond donors (Lipinski definition) is 1. The highest BCUT2D eigenvalue weighted by Crippen LogP contribution is 2.39. The van der Waals surface area contributed by atoms with Crippen molar-refractivity contribution in [3.63, 3.8) is 0 Å². The number of morpholine rings is 1. The topological polar surface area (TPSA) is 84.5 Å². The number of rotatable bonds is 3. The summed E-state index contributed by atoms with van der Waals surface area (Å²) < 4.78 is 11.3. The van der Waals surface area contributed by atoms with Gasteiger partial charge in [-0.3, -0.25) is 4.98 Å². The molecule has 1 saturated heterocycles. The van der Waals surface area contributed by atoms with Crippen molar-refractivity contribution in [3.8, 4) is 11.4 Å². The van der Waals surface area contributed by atoms with E-state index in [-0.39, 0.29) is 18.8 Å². The van der Waals surface area contributed by atoms with Crippen LogP contribution in [0.3, 0.4) is 0 Å². The zero-order valence-electron chi connectivity index (χ0n) is 14.5. The van der Waals surface area contributed by atoms with Crippen LogP contribution in [0.25, 0.3) is 22.5 Å². The summed E-state index contributed by atoms with van der Waals surface area (Å²) in [5, 5.41) is 14.4. The number of aliphatic hydroxyl groups is 1. The number of ether oxygens (including phenoxy) is 1. The molecule has 0 unspecified atom stereocenters. The molecule has 0 amide bonds. The summed E-state index contributed by atoms with van der Waals surface area (Å²) in [5.41, 5.74) is 3.20. The third kappa shape index (κ3) is 2.92. The molecule has 1 aliphatic heterocycles. The lowest BCUT2D eigenvalue weighted by atomic mass is 10.1. The van der Waals surface area contributed by atoms with Crippen LogP contribution in [-0.4, -0.2) is 45.5 Å². The molecule has 0 aliphatic carbocycles. The van der Waals surface area contributed by atoms with Gasteiger partial charge in [0.05, 0.1) is 35.9 Å². The Balaban J connectivity index is 1.86. The normalized spacial score (nSPS) is 20.7. The number of pyridine rings is 2. The summed E-state index contributed by atoms with van der Waals surface area (Å²) >= 11 is 6.67. The zero-order valence-corrected chi connectivity index (χ0v) is 15.3. The van der Waals surface area contributed by atoms with E-state index in [9.17, 15) is 5.11 Å². The van der Waals surface area contributed by atoms with Crippen molar-refractivity contribution in [3.05, 3.63) is 35.1 Å². The van der Waals surface area contributed by atoms with E-state index in [1.54, 1.807) is 6.20 Å². The maximum Gasteiger partial charge on any atom is 0.206 e.